The average Bonchev–Trinajstić information content (AvgIpc) is 2.84. The van der Waals surface area contributed by atoms with Crippen LogP contribution in [-0.2, 0) is 20.7 Å². The van der Waals surface area contributed by atoms with Crippen LogP contribution < -0.4 is 15.4 Å². The zero-order valence-electron chi connectivity index (χ0n) is 25.2. The molecule has 1 atom stereocenters. The van der Waals surface area contributed by atoms with E-state index in [-0.39, 0.29) is 12.2 Å². The van der Waals surface area contributed by atoms with E-state index in [1.807, 2.05) is 0 Å². The number of amides is 1. The van der Waals surface area contributed by atoms with Gasteiger partial charge in [-0.1, -0.05) is 50.7 Å². The number of hydrogen-bond acceptors (Lipinski definition) is 7. The summed E-state index contributed by atoms with van der Waals surface area (Å²) in [6.07, 6.45) is 13.0. The van der Waals surface area contributed by atoms with Crippen LogP contribution in [-0.4, -0.2) is 52.7 Å². The van der Waals surface area contributed by atoms with Gasteiger partial charge in [-0.05, 0) is 84.9 Å². The van der Waals surface area contributed by atoms with E-state index in [0.717, 1.165) is 12.1 Å². The Morgan fingerprint density at radius 2 is 1.27 bits per heavy atom. The number of hydrogen-bond donors (Lipinski definition) is 3. The monoisotopic (exact) mass is 562 g/mol. The van der Waals surface area contributed by atoms with E-state index in [9.17, 15) is 19.5 Å². The van der Waals surface area contributed by atoms with Gasteiger partial charge in [-0.2, -0.15) is 0 Å². The van der Waals surface area contributed by atoms with Gasteiger partial charge in [-0.3, -0.25) is 0 Å². The average molecular weight is 563 g/mol. The smallest absolute Gasteiger partial charge is 0.480 e. The van der Waals surface area contributed by atoms with Crippen molar-refractivity contribution in [1.82, 2.24) is 10.6 Å². The highest BCUT2D eigenvalue weighted by molar-refractivity contribution is 5.80. The molecule has 0 unspecified atom stereocenters. The lowest BCUT2D eigenvalue weighted by Gasteiger charge is -2.30. The number of carbonyl (C=O) groups excluding carboxylic acids is 2. The number of benzene rings is 1. The molecule has 2 fully saturated rings. The Morgan fingerprint density at radius 3 is 1.70 bits per heavy atom. The Kier molecular flexibility index (Phi) is 13.2. The molecule has 0 spiro atoms. The van der Waals surface area contributed by atoms with Gasteiger partial charge in [0.2, 0.25) is 0 Å². The van der Waals surface area contributed by atoms with Gasteiger partial charge < -0.3 is 30.0 Å². The fourth-order valence-electron chi connectivity index (χ4n) is 4.82. The number of carboxylic acids is 1. The minimum atomic E-state index is -1.19. The van der Waals surface area contributed by atoms with E-state index in [2.05, 4.69) is 10.6 Å². The fraction of sp³-hybridized carbons (Fsp3) is 0.710. The molecule has 2 saturated carbocycles. The molecule has 9 nitrogen and oxygen atoms in total. The lowest BCUT2D eigenvalue weighted by molar-refractivity contribution is -0.139. The summed E-state index contributed by atoms with van der Waals surface area (Å²) in [7, 11) is 0. The standard InChI is InChI=1S/C19H27NO7.C12H23N/c1-18(2,3)26-16(23)20-14(15(21)22)11-12-7-9-13(10-8-12)25-17(24)27-19(4,5)6;1-3-7-11(8-4-1)13-12-9-5-2-6-10-12/h7-10,14H,11H2,1-6H3,(H,20,23)(H,21,22);11-13H,1-10H2/t14-;/m0./s1. The van der Waals surface area contributed by atoms with Crippen molar-refractivity contribution in [2.24, 2.45) is 0 Å². The van der Waals surface area contributed by atoms with Gasteiger partial charge in [0.15, 0.2) is 0 Å². The normalized spacial score (nSPS) is 17.6. The molecule has 3 N–H and O–H groups in total. The maximum absolute atomic E-state index is 11.8. The summed E-state index contributed by atoms with van der Waals surface area (Å²) < 4.78 is 15.2. The molecule has 0 saturated heterocycles. The van der Waals surface area contributed by atoms with Crippen LogP contribution >= 0.6 is 0 Å². The molecule has 2 aliphatic rings. The highest BCUT2D eigenvalue weighted by Crippen LogP contribution is 2.22. The Morgan fingerprint density at radius 1 is 0.800 bits per heavy atom. The molecule has 226 valence electrons. The Hall–Kier alpha value is -2.81. The van der Waals surface area contributed by atoms with E-state index >= 15 is 0 Å². The molecule has 0 radical (unpaired) electrons. The molecule has 0 aromatic heterocycles. The van der Waals surface area contributed by atoms with Crippen molar-refractivity contribution in [3.05, 3.63) is 29.8 Å². The summed E-state index contributed by atoms with van der Waals surface area (Å²) in [5.74, 6) is -0.921. The zero-order chi connectivity index (χ0) is 29.8. The van der Waals surface area contributed by atoms with Crippen LogP contribution in [0.2, 0.25) is 0 Å². The maximum atomic E-state index is 11.8. The highest BCUT2D eigenvalue weighted by Gasteiger charge is 2.25. The first-order valence-corrected chi connectivity index (χ1v) is 14.7. The van der Waals surface area contributed by atoms with E-state index < -0.39 is 35.5 Å². The highest BCUT2D eigenvalue weighted by atomic mass is 16.7. The first-order valence-electron chi connectivity index (χ1n) is 14.7. The molecular weight excluding hydrogens is 512 g/mol. The number of rotatable bonds is 7. The molecule has 0 bridgehead atoms. The Labute approximate surface area is 239 Å². The van der Waals surface area contributed by atoms with Gasteiger partial charge >= 0.3 is 18.2 Å². The third-order valence-electron chi connectivity index (χ3n) is 6.62. The summed E-state index contributed by atoms with van der Waals surface area (Å²) in [6, 6.07) is 6.84. The summed E-state index contributed by atoms with van der Waals surface area (Å²) in [4.78, 5) is 34.8. The van der Waals surface area contributed by atoms with Crippen molar-refractivity contribution in [2.45, 2.75) is 141 Å². The van der Waals surface area contributed by atoms with Crippen LogP contribution in [0.25, 0.3) is 0 Å². The third kappa shape index (κ3) is 14.5. The molecule has 2 aliphatic carbocycles. The number of nitrogens with one attached hydrogen (secondary N) is 2. The van der Waals surface area contributed by atoms with Gasteiger partial charge in [0.25, 0.3) is 0 Å². The zero-order valence-corrected chi connectivity index (χ0v) is 25.2. The molecule has 1 amide bonds. The molecule has 1 aromatic carbocycles. The number of alkyl carbamates (subject to hydrolysis) is 1. The largest absolute Gasteiger partial charge is 0.514 e. The minimum Gasteiger partial charge on any atom is -0.480 e. The molecule has 9 heteroatoms. The van der Waals surface area contributed by atoms with Crippen molar-refractivity contribution in [3.63, 3.8) is 0 Å². The molecule has 0 aliphatic heterocycles. The predicted octanol–water partition coefficient (Wildman–Crippen LogP) is 6.76. The maximum Gasteiger partial charge on any atom is 0.514 e. The molecular formula is C31H50N2O7. The Balaban J connectivity index is 0.000000355. The third-order valence-corrected chi connectivity index (χ3v) is 6.62. The van der Waals surface area contributed by atoms with Gasteiger partial charge in [0, 0.05) is 18.5 Å². The van der Waals surface area contributed by atoms with Crippen molar-refractivity contribution in [3.8, 4) is 5.75 Å². The van der Waals surface area contributed by atoms with Crippen molar-refractivity contribution in [2.75, 3.05) is 0 Å². The molecule has 3 rings (SSSR count). The van der Waals surface area contributed by atoms with E-state index in [0.29, 0.717) is 5.56 Å². The van der Waals surface area contributed by atoms with Gasteiger partial charge in [-0.25, -0.2) is 14.4 Å². The van der Waals surface area contributed by atoms with Gasteiger partial charge in [0.05, 0.1) is 0 Å². The van der Waals surface area contributed by atoms with Crippen molar-refractivity contribution in [1.29, 1.82) is 0 Å². The number of aliphatic carboxylic acids is 1. The van der Waals surface area contributed by atoms with Crippen molar-refractivity contribution >= 4 is 18.2 Å². The second-order valence-corrected chi connectivity index (χ2v) is 12.8. The van der Waals surface area contributed by atoms with Crippen LogP contribution in [0, 0.1) is 0 Å². The lowest BCUT2D eigenvalue weighted by atomic mass is 9.91. The molecule has 0 heterocycles. The minimum absolute atomic E-state index is 0.0430. The summed E-state index contributed by atoms with van der Waals surface area (Å²) in [6.45, 7) is 10.2. The lowest BCUT2D eigenvalue weighted by Crippen LogP contribution is -2.44. The Bertz CT molecular complexity index is 906. The van der Waals surface area contributed by atoms with Crippen LogP contribution in [0.4, 0.5) is 9.59 Å². The quantitative estimate of drug-likeness (QED) is 0.246. The van der Waals surface area contributed by atoms with E-state index in [1.165, 1.54) is 76.3 Å². The first-order chi connectivity index (χ1) is 18.7. The second-order valence-electron chi connectivity index (χ2n) is 12.8. The number of ether oxygens (including phenoxy) is 3. The van der Waals surface area contributed by atoms with Crippen molar-refractivity contribution < 1.29 is 33.7 Å². The summed E-state index contributed by atoms with van der Waals surface area (Å²) in [5, 5.41) is 15.5. The predicted molar refractivity (Wildman–Crippen MR) is 155 cm³/mol. The van der Waals surface area contributed by atoms with Crippen LogP contribution in [0.3, 0.4) is 0 Å². The van der Waals surface area contributed by atoms with Gasteiger partial charge in [0.1, 0.15) is 23.0 Å². The SMILES string of the molecule is C1CCC(NC2CCCCC2)CC1.CC(C)(C)OC(=O)N[C@@H](Cc1ccc(OC(=O)OC(C)(C)C)cc1)C(=O)O. The number of carboxylic acid groups (broad SMARTS) is 1. The number of carbonyl (C=O) groups is 3. The van der Waals surface area contributed by atoms with E-state index in [1.54, 1.807) is 53.7 Å². The summed E-state index contributed by atoms with van der Waals surface area (Å²) in [5.41, 5.74) is -0.762. The second kappa shape index (κ2) is 15.8. The van der Waals surface area contributed by atoms with Crippen LogP contribution in [0.5, 0.6) is 5.75 Å². The molecule has 1 aromatic rings. The first kappa shape index (κ1) is 33.4. The van der Waals surface area contributed by atoms with Crippen LogP contribution in [0.15, 0.2) is 24.3 Å². The van der Waals surface area contributed by atoms with Gasteiger partial charge in [-0.15, -0.1) is 0 Å². The summed E-state index contributed by atoms with van der Waals surface area (Å²) >= 11 is 0. The van der Waals surface area contributed by atoms with E-state index in [4.69, 9.17) is 14.2 Å². The van der Waals surface area contributed by atoms with Crippen LogP contribution in [0.1, 0.15) is 111 Å². The molecule has 40 heavy (non-hydrogen) atoms. The fourth-order valence-corrected chi connectivity index (χ4v) is 4.82. The topological polar surface area (TPSA) is 123 Å².